The Balaban J connectivity index is 1.81. The number of aliphatic imine (C=N–C) groups is 1. The van der Waals surface area contributed by atoms with Crippen LogP contribution in [0.15, 0.2) is 35.3 Å². The molecule has 0 aliphatic carbocycles. The van der Waals surface area contributed by atoms with Gasteiger partial charge in [-0.25, -0.2) is 0 Å². The van der Waals surface area contributed by atoms with Gasteiger partial charge in [-0.05, 0) is 25.0 Å². The number of hydrogen-bond donors (Lipinski definition) is 2. The molecule has 2 N–H and O–H groups in total. The molecule has 1 atom stereocenters. The van der Waals surface area contributed by atoms with Gasteiger partial charge in [-0.2, -0.15) is 0 Å². The maximum absolute atomic E-state index is 5.73. The highest BCUT2D eigenvalue weighted by Crippen LogP contribution is 2.13. The highest BCUT2D eigenvalue weighted by Gasteiger charge is 2.23. The quantitative estimate of drug-likeness (QED) is 0.400. The Morgan fingerprint density at radius 1 is 1.19 bits per heavy atom. The van der Waals surface area contributed by atoms with Crippen LogP contribution in [-0.2, 0) is 4.74 Å². The molecule has 146 valence electrons. The van der Waals surface area contributed by atoms with E-state index >= 15 is 0 Å². The van der Waals surface area contributed by atoms with Crippen LogP contribution in [0.4, 0.5) is 0 Å². The van der Waals surface area contributed by atoms with Gasteiger partial charge in [-0.15, -0.1) is 0 Å². The van der Waals surface area contributed by atoms with E-state index in [1.54, 1.807) is 0 Å². The van der Waals surface area contributed by atoms with Crippen molar-refractivity contribution in [3.05, 3.63) is 30.3 Å². The van der Waals surface area contributed by atoms with Gasteiger partial charge in [-0.3, -0.25) is 9.89 Å². The topological polar surface area (TPSA) is 58.1 Å². The van der Waals surface area contributed by atoms with Crippen molar-refractivity contribution in [2.75, 3.05) is 52.5 Å². The second-order valence-corrected chi connectivity index (χ2v) is 6.77. The summed E-state index contributed by atoms with van der Waals surface area (Å²) in [6, 6.07) is 10.3. The maximum Gasteiger partial charge on any atom is 0.191 e. The zero-order valence-electron chi connectivity index (χ0n) is 16.4. The lowest BCUT2D eigenvalue weighted by molar-refractivity contribution is 0.00867. The number of ether oxygens (including phenoxy) is 2. The predicted molar refractivity (Wildman–Crippen MR) is 107 cm³/mol. The third kappa shape index (κ3) is 7.22. The Bertz CT molecular complexity index is 516. The zero-order valence-corrected chi connectivity index (χ0v) is 16.4. The van der Waals surface area contributed by atoms with Gasteiger partial charge in [-0.1, -0.05) is 32.0 Å². The number of nitrogens with one attached hydrogen (secondary N) is 2. The summed E-state index contributed by atoms with van der Waals surface area (Å²) >= 11 is 0. The molecule has 0 spiro atoms. The number of rotatable bonds is 9. The number of nitrogens with zero attached hydrogens (tertiary/aromatic N) is 2. The molecule has 1 aliphatic heterocycles. The molecule has 2 rings (SSSR count). The first-order valence-electron chi connectivity index (χ1n) is 9.72. The maximum atomic E-state index is 5.73. The molecule has 0 bridgehead atoms. The first kappa shape index (κ1) is 20.5. The van der Waals surface area contributed by atoms with Gasteiger partial charge in [0, 0.05) is 25.7 Å². The Morgan fingerprint density at radius 3 is 2.58 bits per heavy atom. The van der Waals surface area contributed by atoms with E-state index < -0.39 is 0 Å². The Hall–Kier alpha value is -1.79. The van der Waals surface area contributed by atoms with Crippen molar-refractivity contribution in [1.82, 2.24) is 15.5 Å². The molecule has 0 radical (unpaired) electrons. The minimum absolute atomic E-state index is 0.440. The van der Waals surface area contributed by atoms with E-state index in [1.165, 1.54) is 0 Å². The molecular weight excluding hydrogens is 328 g/mol. The highest BCUT2D eigenvalue weighted by molar-refractivity contribution is 5.79. The fourth-order valence-electron chi connectivity index (χ4n) is 3.04. The first-order chi connectivity index (χ1) is 12.7. The smallest absolute Gasteiger partial charge is 0.191 e. The molecule has 1 aromatic carbocycles. The molecule has 0 saturated carbocycles. The average Bonchev–Trinajstić information content (AvgIpc) is 2.66. The lowest BCUT2D eigenvalue weighted by atomic mass is 10.0. The van der Waals surface area contributed by atoms with Crippen LogP contribution in [0.2, 0.25) is 0 Å². The van der Waals surface area contributed by atoms with Gasteiger partial charge in [0.2, 0.25) is 0 Å². The monoisotopic (exact) mass is 362 g/mol. The fourth-order valence-corrected chi connectivity index (χ4v) is 3.04. The van der Waals surface area contributed by atoms with Crippen LogP contribution < -0.4 is 15.4 Å². The van der Waals surface area contributed by atoms with Crippen molar-refractivity contribution in [3.8, 4) is 5.75 Å². The molecule has 1 aromatic rings. The summed E-state index contributed by atoms with van der Waals surface area (Å²) in [4.78, 5) is 7.31. The number of hydrogen-bond acceptors (Lipinski definition) is 4. The Labute approximate surface area is 158 Å². The summed E-state index contributed by atoms with van der Waals surface area (Å²) in [6.07, 6.45) is 0. The highest BCUT2D eigenvalue weighted by atomic mass is 16.5. The van der Waals surface area contributed by atoms with Crippen molar-refractivity contribution in [2.45, 2.75) is 26.8 Å². The summed E-state index contributed by atoms with van der Waals surface area (Å²) < 4.78 is 11.2. The van der Waals surface area contributed by atoms with E-state index in [9.17, 15) is 0 Å². The molecule has 0 aromatic heterocycles. The predicted octanol–water partition coefficient (Wildman–Crippen LogP) is 1.98. The van der Waals surface area contributed by atoms with Crippen molar-refractivity contribution in [2.24, 2.45) is 10.9 Å². The van der Waals surface area contributed by atoms with E-state index in [-0.39, 0.29) is 0 Å². The molecule has 1 aliphatic rings. The molecule has 0 amide bonds. The molecule has 1 fully saturated rings. The summed E-state index contributed by atoms with van der Waals surface area (Å²) in [5.41, 5.74) is 0. The Kier molecular flexibility index (Phi) is 9.28. The van der Waals surface area contributed by atoms with Crippen LogP contribution in [0.25, 0.3) is 0 Å². The second-order valence-electron chi connectivity index (χ2n) is 6.77. The van der Waals surface area contributed by atoms with Crippen molar-refractivity contribution in [1.29, 1.82) is 0 Å². The Morgan fingerprint density at radius 2 is 1.92 bits per heavy atom. The molecule has 6 heteroatoms. The van der Waals surface area contributed by atoms with E-state index in [1.807, 2.05) is 30.3 Å². The van der Waals surface area contributed by atoms with Gasteiger partial charge in [0.05, 0.1) is 26.3 Å². The molecule has 1 heterocycles. The lowest BCUT2D eigenvalue weighted by Gasteiger charge is -2.36. The lowest BCUT2D eigenvalue weighted by Crippen LogP contribution is -2.48. The average molecular weight is 363 g/mol. The van der Waals surface area contributed by atoms with Crippen molar-refractivity contribution >= 4 is 5.96 Å². The first-order valence-corrected chi connectivity index (χ1v) is 9.72. The van der Waals surface area contributed by atoms with Gasteiger partial charge in [0.25, 0.3) is 0 Å². The van der Waals surface area contributed by atoms with Crippen LogP contribution >= 0.6 is 0 Å². The molecule has 26 heavy (non-hydrogen) atoms. The van der Waals surface area contributed by atoms with Gasteiger partial charge < -0.3 is 20.1 Å². The number of morpholine rings is 1. The van der Waals surface area contributed by atoms with Crippen LogP contribution in [-0.4, -0.2) is 69.4 Å². The minimum Gasteiger partial charge on any atom is -0.492 e. The second kappa shape index (κ2) is 11.8. The van der Waals surface area contributed by atoms with Gasteiger partial charge >= 0.3 is 0 Å². The summed E-state index contributed by atoms with van der Waals surface area (Å²) in [7, 11) is 0. The zero-order chi connectivity index (χ0) is 18.6. The summed E-state index contributed by atoms with van der Waals surface area (Å²) in [6.45, 7) is 13.2. The minimum atomic E-state index is 0.440. The van der Waals surface area contributed by atoms with Crippen LogP contribution in [0.1, 0.15) is 20.8 Å². The van der Waals surface area contributed by atoms with Crippen molar-refractivity contribution < 1.29 is 9.47 Å². The number of benzene rings is 1. The summed E-state index contributed by atoms with van der Waals surface area (Å²) in [5, 5.41) is 6.68. The van der Waals surface area contributed by atoms with Crippen LogP contribution in [0, 0.1) is 5.92 Å². The standard InChI is InChI=1S/C20H34N4O2/c1-4-21-20(22-10-13-26-18-8-6-5-7-9-18)23-16-19(17(2)3)24-11-14-25-15-12-24/h5-9,17,19H,4,10-16H2,1-3H3,(H2,21,22,23). The third-order valence-electron chi connectivity index (χ3n) is 4.47. The normalized spacial score (nSPS) is 17.2. The molecule has 1 saturated heterocycles. The van der Waals surface area contributed by atoms with Gasteiger partial charge in [0.1, 0.15) is 12.4 Å². The van der Waals surface area contributed by atoms with E-state index in [0.717, 1.165) is 51.1 Å². The fraction of sp³-hybridized carbons (Fsp3) is 0.650. The third-order valence-corrected chi connectivity index (χ3v) is 4.47. The van der Waals surface area contributed by atoms with Gasteiger partial charge in [0.15, 0.2) is 5.96 Å². The number of para-hydroxylation sites is 1. The van der Waals surface area contributed by atoms with E-state index in [2.05, 4.69) is 36.3 Å². The largest absolute Gasteiger partial charge is 0.492 e. The van der Waals surface area contributed by atoms with E-state index in [4.69, 9.17) is 14.5 Å². The van der Waals surface area contributed by atoms with Crippen LogP contribution in [0.5, 0.6) is 5.75 Å². The molecule has 1 unspecified atom stereocenters. The van der Waals surface area contributed by atoms with E-state index in [0.29, 0.717) is 25.1 Å². The summed E-state index contributed by atoms with van der Waals surface area (Å²) in [5.74, 6) is 2.30. The molecule has 6 nitrogen and oxygen atoms in total. The molecular formula is C20H34N4O2. The number of guanidine groups is 1. The van der Waals surface area contributed by atoms with Crippen molar-refractivity contribution in [3.63, 3.8) is 0 Å². The SMILES string of the molecule is CCNC(=NCC(C(C)C)N1CCOCC1)NCCOc1ccccc1. The van der Waals surface area contributed by atoms with Crippen LogP contribution in [0.3, 0.4) is 0 Å².